The summed E-state index contributed by atoms with van der Waals surface area (Å²) >= 11 is 0. The first-order valence-corrected chi connectivity index (χ1v) is 19.4. The van der Waals surface area contributed by atoms with Gasteiger partial charge in [0.25, 0.3) is 0 Å². The fourth-order valence-corrected chi connectivity index (χ4v) is 8.28. The fourth-order valence-electron chi connectivity index (χ4n) is 8.28. The van der Waals surface area contributed by atoms with Gasteiger partial charge in [-0.05, 0) is 69.2 Å². The predicted octanol–water partition coefficient (Wildman–Crippen LogP) is 15.4. The second kappa shape index (κ2) is 14.9. The molecular weight excluding hydrogens is 691 g/mol. The third-order valence-corrected chi connectivity index (χ3v) is 10.8. The van der Waals surface area contributed by atoms with Gasteiger partial charge in [-0.25, -0.2) is 0 Å². The zero-order valence-corrected chi connectivity index (χ0v) is 31.3. The molecule has 10 aromatic carbocycles. The molecule has 57 heavy (non-hydrogen) atoms. The van der Waals surface area contributed by atoms with E-state index in [-0.39, 0.29) is 0 Å². The summed E-state index contributed by atoms with van der Waals surface area (Å²) < 4.78 is 0. The number of benzene rings is 10. The van der Waals surface area contributed by atoms with Crippen LogP contribution in [0.5, 0.6) is 0 Å². The van der Waals surface area contributed by atoms with Crippen molar-refractivity contribution in [1.29, 1.82) is 0 Å². The lowest BCUT2D eigenvalue weighted by Gasteiger charge is -2.22. The van der Waals surface area contributed by atoms with E-state index in [0.29, 0.717) is 0 Å². The van der Waals surface area contributed by atoms with Gasteiger partial charge in [0.2, 0.25) is 0 Å². The summed E-state index contributed by atoms with van der Waals surface area (Å²) in [6, 6.07) is 77.5. The molecule has 0 unspecified atom stereocenters. The van der Waals surface area contributed by atoms with Gasteiger partial charge < -0.3 is 16.0 Å². The Kier molecular flexibility index (Phi) is 8.86. The molecular formula is C54H39N3. The number of anilines is 6. The normalized spacial score (nSPS) is 11.2. The van der Waals surface area contributed by atoms with Gasteiger partial charge in [-0.3, -0.25) is 0 Å². The first-order chi connectivity index (χ1) is 28.3. The largest absolute Gasteiger partial charge is 0.354 e. The lowest BCUT2D eigenvalue weighted by atomic mass is 9.91. The van der Waals surface area contributed by atoms with Crippen molar-refractivity contribution in [2.24, 2.45) is 0 Å². The van der Waals surface area contributed by atoms with Gasteiger partial charge in [-0.1, -0.05) is 182 Å². The maximum absolute atomic E-state index is 3.93. The first-order valence-electron chi connectivity index (χ1n) is 19.4. The van der Waals surface area contributed by atoms with Crippen molar-refractivity contribution in [1.82, 2.24) is 0 Å². The molecule has 270 valence electrons. The Labute approximate surface area is 332 Å². The summed E-state index contributed by atoms with van der Waals surface area (Å²) in [5.41, 5.74) is 13.3. The van der Waals surface area contributed by atoms with Gasteiger partial charge in [-0.2, -0.15) is 0 Å². The summed E-state index contributed by atoms with van der Waals surface area (Å²) in [5.74, 6) is 0. The minimum absolute atomic E-state index is 1.05. The van der Waals surface area contributed by atoms with Crippen LogP contribution in [0.15, 0.2) is 218 Å². The number of rotatable bonds is 9. The highest BCUT2D eigenvalue weighted by atomic mass is 14.9. The number of hydrogen-bond acceptors (Lipinski definition) is 3. The number of para-hydroxylation sites is 3. The van der Waals surface area contributed by atoms with Gasteiger partial charge in [0.05, 0.1) is 0 Å². The van der Waals surface area contributed by atoms with E-state index >= 15 is 0 Å². The van der Waals surface area contributed by atoms with Crippen LogP contribution in [0.3, 0.4) is 0 Å². The Balaban J connectivity index is 1.22. The van der Waals surface area contributed by atoms with E-state index in [9.17, 15) is 0 Å². The molecule has 10 rings (SSSR count). The smallest absolute Gasteiger partial charge is 0.0470 e. The summed E-state index contributed by atoms with van der Waals surface area (Å²) in [5, 5.41) is 18.8. The van der Waals surface area contributed by atoms with Crippen LogP contribution < -0.4 is 16.0 Å². The average molecular weight is 730 g/mol. The highest BCUT2D eigenvalue weighted by Crippen LogP contribution is 2.47. The van der Waals surface area contributed by atoms with Gasteiger partial charge >= 0.3 is 0 Å². The summed E-state index contributed by atoms with van der Waals surface area (Å²) in [7, 11) is 0. The van der Waals surface area contributed by atoms with E-state index in [1.807, 2.05) is 0 Å². The molecule has 0 aromatic heterocycles. The van der Waals surface area contributed by atoms with Crippen molar-refractivity contribution >= 4 is 66.4 Å². The van der Waals surface area contributed by atoms with E-state index in [1.54, 1.807) is 0 Å². The van der Waals surface area contributed by atoms with Crippen LogP contribution in [0.25, 0.3) is 65.7 Å². The lowest BCUT2D eigenvalue weighted by Crippen LogP contribution is -1.99. The van der Waals surface area contributed by atoms with Crippen molar-refractivity contribution in [2.75, 3.05) is 16.0 Å². The topological polar surface area (TPSA) is 36.1 Å². The Morgan fingerprint density at radius 2 is 0.439 bits per heavy atom. The molecule has 0 radical (unpaired) electrons. The van der Waals surface area contributed by atoms with E-state index in [2.05, 4.69) is 234 Å². The number of hydrogen-bond donors (Lipinski definition) is 3. The molecule has 0 aliphatic heterocycles. The average Bonchev–Trinajstić information content (AvgIpc) is 3.28. The minimum Gasteiger partial charge on any atom is -0.354 e. The van der Waals surface area contributed by atoms with E-state index in [0.717, 1.165) is 67.0 Å². The summed E-state index contributed by atoms with van der Waals surface area (Å²) in [6.45, 7) is 0. The molecule has 0 atom stereocenters. The van der Waals surface area contributed by atoms with Gasteiger partial charge in [0.1, 0.15) is 0 Å². The Hall–Kier alpha value is -7.62. The zero-order valence-electron chi connectivity index (χ0n) is 31.3. The number of fused-ring (bicyclic) bond motifs is 6. The third-order valence-electron chi connectivity index (χ3n) is 10.8. The highest BCUT2D eigenvalue weighted by molar-refractivity contribution is 6.33. The van der Waals surface area contributed by atoms with Crippen LogP contribution in [0.4, 0.5) is 34.1 Å². The molecule has 3 heteroatoms. The summed E-state index contributed by atoms with van der Waals surface area (Å²) in [4.78, 5) is 0. The second-order valence-corrected chi connectivity index (χ2v) is 14.3. The molecule has 0 fully saturated rings. The van der Waals surface area contributed by atoms with Crippen molar-refractivity contribution < 1.29 is 0 Å². The van der Waals surface area contributed by atoms with Gasteiger partial charge in [0.15, 0.2) is 0 Å². The number of nitrogens with one attached hydrogen (secondary N) is 3. The standard InChI is InChI=1S/C54H39N3/c1-4-19-37(20-5-1)40-25-10-13-31-46(40)55-49-34-16-28-43-52(49)44-29-17-35-50(56-47-32-14-11-26-41(47)38-21-6-2-7-22-38)54(44)45-30-18-36-51(53(43)45)57-48-33-15-12-27-42(48)39-23-8-3-9-24-39/h1-36,55-57H. The fraction of sp³-hybridized carbons (Fsp3) is 0. The minimum atomic E-state index is 1.05. The quantitative estimate of drug-likeness (QED) is 0.129. The van der Waals surface area contributed by atoms with Crippen LogP contribution in [0.1, 0.15) is 0 Å². The molecule has 0 heterocycles. The first kappa shape index (κ1) is 33.9. The van der Waals surface area contributed by atoms with Crippen LogP contribution >= 0.6 is 0 Å². The maximum atomic E-state index is 3.93. The zero-order chi connectivity index (χ0) is 38.0. The lowest BCUT2D eigenvalue weighted by molar-refractivity contribution is 1.54. The van der Waals surface area contributed by atoms with Crippen molar-refractivity contribution in [2.45, 2.75) is 0 Å². The van der Waals surface area contributed by atoms with E-state index in [4.69, 9.17) is 0 Å². The molecule has 0 spiro atoms. The third kappa shape index (κ3) is 6.41. The van der Waals surface area contributed by atoms with Crippen molar-refractivity contribution in [3.05, 3.63) is 218 Å². The van der Waals surface area contributed by atoms with Crippen molar-refractivity contribution in [3.63, 3.8) is 0 Å². The molecule has 0 aliphatic carbocycles. The van der Waals surface area contributed by atoms with Gasteiger partial charge in [-0.15, -0.1) is 0 Å². The highest BCUT2D eigenvalue weighted by Gasteiger charge is 2.19. The molecule has 0 saturated carbocycles. The SMILES string of the molecule is c1ccc(-c2ccccc2Nc2cccc3c2c2cccc(Nc4ccccc4-c4ccccc4)c2c2cccc(Nc4ccccc4-c4ccccc4)c32)cc1. The Morgan fingerprint density at radius 1 is 0.193 bits per heavy atom. The molecule has 0 aliphatic rings. The monoisotopic (exact) mass is 729 g/mol. The molecule has 3 nitrogen and oxygen atoms in total. The molecule has 3 N–H and O–H groups in total. The molecule has 0 bridgehead atoms. The molecule has 0 saturated heterocycles. The molecule has 0 amide bonds. The second-order valence-electron chi connectivity index (χ2n) is 14.3. The van der Waals surface area contributed by atoms with Crippen LogP contribution in [-0.2, 0) is 0 Å². The van der Waals surface area contributed by atoms with Crippen molar-refractivity contribution in [3.8, 4) is 33.4 Å². The maximum Gasteiger partial charge on any atom is 0.0470 e. The van der Waals surface area contributed by atoms with Gasteiger partial charge in [0, 0.05) is 67.0 Å². The van der Waals surface area contributed by atoms with Crippen LogP contribution in [-0.4, -0.2) is 0 Å². The van der Waals surface area contributed by atoms with E-state index in [1.165, 1.54) is 32.8 Å². The van der Waals surface area contributed by atoms with Crippen LogP contribution in [0, 0.1) is 0 Å². The van der Waals surface area contributed by atoms with Crippen LogP contribution in [0.2, 0.25) is 0 Å². The Morgan fingerprint density at radius 3 is 0.737 bits per heavy atom. The predicted molar refractivity (Wildman–Crippen MR) is 244 cm³/mol. The Bertz CT molecular complexity index is 2670. The summed E-state index contributed by atoms with van der Waals surface area (Å²) in [6.07, 6.45) is 0. The van der Waals surface area contributed by atoms with E-state index < -0.39 is 0 Å². The molecule has 10 aromatic rings.